The lowest BCUT2D eigenvalue weighted by Gasteiger charge is -2.32. The highest BCUT2D eigenvalue weighted by Crippen LogP contribution is 2.58. The van der Waals surface area contributed by atoms with Gasteiger partial charge in [0.1, 0.15) is 0 Å². The third-order valence-electron chi connectivity index (χ3n) is 5.58. The van der Waals surface area contributed by atoms with Crippen LogP contribution >= 0.6 is 24.8 Å². The van der Waals surface area contributed by atoms with Crippen molar-refractivity contribution >= 4 is 30.7 Å². The summed E-state index contributed by atoms with van der Waals surface area (Å²) >= 11 is 0. The van der Waals surface area contributed by atoms with Gasteiger partial charge in [0, 0.05) is 25.0 Å². The van der Waals surface area contributed by atoms with Crippen LogP contribution in [-0.2, 0) is 4.79 Å². The maximum atomic E-state index is 12.4. The molecular weight excluding hydrogens is 321 g/mol. The van der Waals surface area contributed by atoms with Gasteiger partial charge in [-0.3, -0.25) is 4.79 Å². The quantitative estimate of drug-likeness (QED) is 0.815. The Morgan fingerprint density at radius 2 is 1.86 bits per heavy atom. The molecule has 4 nitrogen and oxygen atoms in total. The molecule has 2 heterocycles. The summed E-state index contributed by atoms with van der Waals surface area (Å²) in [6, 6.07) is 0.426. The van der Waals surface area contributed by atoms with Gasteiger partial charge in [-0.1, -0.05) is 6.92 Å². The molecule has 1 aliphatic carbocycles. The number of hydrogen-bond acceptors (Lipinski definition) is 3. The van der Waals surface area contributed by atoms with Crippen LogP contribution < -0.4 is 10.6 Å². The van der Waals surface area contributed by atoms with Crippen molar-refractivity contribution in [3.63, 3.8) is 0 Å². The number of carbonyl (C=O) groups is 1. The van der Waals surface area contributed by atoms with E-state index in [0.717, 1.165) is 45.4 Å². The largest absolute Gasteiger partial charge is 0.353 e. The zero-order chi connectivity index (χ0) is 14.0. The van der Waals surface area contributed by atoms with Crippen LogP contribution in [0.4, 0.5) is 0 Å². The van der Waals surface area contributed by atoms with Crippen molar-refractivity contribution in [3.05, 3.63) is 0 Å². The number of nitrogens with zero attached hydrogens (tertiary/aromatic N) is 1. The molecule has 1 spiro atoms. The van der Waals surface area contributed by atoms with Gasteiger partial charge in [-0.15, -0.1) is 24.8 Å². The average Bonchev–Trinajstić information content (AvgIpc) is 3.16. The molecule has 1 atom stereocenters. The van der Waals surface area contributed by atoms with Crippen LogP contribution in [0.2, 0.25) is 0 Å². The molecule has 130 valence electrons. The van der Waals surface area contributed by atoms with Gasteiger partial charge < -0.3 is 15.5 Å². The molecule has 22 heavy (non-hydrogen) atoms. The molecule has 2 aliphatic heterocycles. The zero-order valence-corrected chi connectivity index (χ0v) is 15.2. The number of amides is 1. The van der Waals surface area contributed by atoms with Crippen LogP contribution in [0.3, 0.4) is 0 Å². The average molecular weight is 352 g/mol. The second-order valence-electron chi connectivity index (χ2n) is 6.99. The second kappa shape index (κ2) is 8.72. The summed E-state index contributed by atoms with van der Waals surface area (Å²) in [6.07, 6.45) is 7.02. The molecule has 3 aliphatic rings. The van der Waals surface area contributed by atoms with E-state index >= 15 is 0 Å². The van der Waals surface area contributed by atoms with Gasteiger partial charge in [-0.05, 0) is 63.6 Å². The van der Waals surface area contributed by atoms with E-state index < -0.39 is 0 Å². The zero-order valence-electron chi connectivity index (χ0n) is 13.6. The molecule has 1 unspecified atom stereocenters. The Kier molecular flexibility index (Phi) is 7.93. The molecule has 6 heteroatoms. The summed E-state index contributed by atoms with van der Waals surface area (Å²) in [4.78, 5) is 14.9. The number of carbonyl (C=O) groups excluding carboxylic acids is 1. The van der Waals surface area contributed by atoms with E-state index in [2.05, 4.69) is 22.5 Å². The second-order valence-corrected chi connectivity index (χ2v) is 6.99. The molecular formula is C16H31Cl2N3O. The molecule has 0 aromatic rings. The molecule has 3 fully saturated rings. The van der Waals surface area contributed by atoms with Crippen LogP contribution in [0.25, 0.3) is 0 Å². The lowest BCUT2D eigenvalue weighted by atomic mass is 9.91. The summed E-state index contributed by atoms with van der Waals surface area (Å²) in [5, 5.41) is 6.73. The summed E-state index contributed by atoms with van der Waals surface area (Å²) in [6.45, 7) is 7.94. The number of hydrogen-bond donors (Lipinski definition) is 2. The summed E-state index contributed by atoms with van der Waals surface area (Å²) in [7, 11) is 0. The minimum absolute atomic E-state index is 0. The number of likely N-dealkylation sites (tertiary alicyclic amines) is 1. The van der Waals surface area contributed by atoms with Gasteiger partial charge in [-0.25, -0.2) is 0 Å². The van der Waals surface area contributed by atoms with Gasteiger partial charge in [0.15, 0.2) is 0 Å². The molecule has 1 amide bonds. The Morgan fingerprint density at radius 3 is 2.45 bits per heavy atom. The van der Waals surface area contributed by atoms with Gasteiger partial charge in [0.05, 0.1) is 0 Å². The smallest absolute Gasteiger partial charge is 0.223 e. The first kappa shape index (κ1) is 20.0. The number of rotatable bonds is 4. The van der Waals surface area contributed by atoms with Gasteiger partial charge in [-0.2, -0.15) is 0 Å². The topological polar surface area (TPSA) is 44.4 Å². The molecule has 2 N–H and O–H groups in total. The summed E-state index contributed by atoms with van der Waals surface area (Å²) in [5.74, 6) is 0.666. The van der Waals surface area contributed by atoms with E-state index in [1.54, 1.807) is 0 Å². The number of halogens is 2. The molecule has 0 aromatic carbocycles. The molecule has 2 saturated heterocycles. The van der Waals surface area contributed by atoms with Crippen molar-refractivity contribution in [2.24, 2.45) is 11.3 Å². The lowest BCUT2D eigenvalue weighted by Crippen LogP contribution is -2.45. The minimum Gasteiger partial charge on any atom is -0.353 e. The predicted octanol–water partition coefficient (Wildman–Crippen LogP) is 2.21. The first-order valence-electron chi connectivity index (χ1n) is 8.47. The maximum absolute atomic E-state index is 12.4. The van der Waals surface area contributed by atoms with Crippen molar-refractivity contribution < 1.29 is 4.79 Å². The van der Waals surface area contributed by atoms with Gasteiger partial charge in [0.2, 0.25) is 5.91 Å². The third-order valence-corrected chi connectivity index (χ3v) is 5.58. The normalized spacial score (nSPS) is 27.6. The van der Waals surface area contributed by atoms with Crippen LogP contribution in [0.5, 0.6) is 0 Å². The first-order chi connectivity index (χ1) is 9.73. The van der Waals surface area contributed by atoms with Gasteiger partial charge in [0.25, 0.3) is 0 Å². The maximum Gasteiger partial charge on any atom is 0.223 e. The van der Waals surface area contributed by atoms with Crippen LogP contribution in [-0.4, -0.2) is 49.6 Å². The fourth-order valence-corrected chi connectivity index (χ4v) is 4.11. The Bertz CT molecular complexity index is 353. The Labute approximate surface area is 147 Å². The van der Waals surface area contributed by atoms with E-state index in [1.807, 2.05) is 0 Å². The van der Waals surface area contributed by atoms with Crippen molar-refractivity contribution in [2.75, 3.05) is 32.7 Å². The Balaban J connectivity index is 0.00000121. The highest BCUT2D eigenvalue weighted by Gasteiger charge is 2.57. The van der Waals surface area contributed by atoms with Crippen molar-refractivity contribution in [1.82, 2.24) is 15.5 Å². The van der Waals surface area contributed by atoms with Crippen LogP contribution in [0.15, 0.2) is 0 Å². The molecule has 0 radical (unpaired) electrons. The van der Waals surface area contributed by atoms with Crippen LogP contribution in [0, 0.1) is 11.3 Å². The number of piperidine rings is 2. The minimum atomic E-state index is 0. The standard InChI is InChI=1S/C16H29N3O.2ClH/c1-2-9-19-10-3-13(4-11-19)18-15(20)14-12-16(14)5-7-17-8-6-16;;/h13-14,17H,2-12H2,1H3,(H,18,20);2*1H. The monoisotopic (exact) mass is 351 g/mol. The Hall–Kier alpha value is -0.0300. The van der Waals surface area contributed by atoms with E-state index in [1.165, 1.54) is 25.8 Å². The van der Waals surface area contributed by atoms with E-state index in [9.17, 15) is 4.79 Å². The predicted molar refractivity (Wildman–Crippen MR) is 95.0 cm³/mol. The van der Waals surface area contributed by atoms with Crippen molar-refractivity contribution in [2.45, 2.75) is 51.5 Å². The fourth-order valence-electron chi connectivity index (χ4n) is 4.11. The SMILES string of the molecule is CCCN1CCC(NC(=O)C2CC23CCNCC3)CC1.Cl.Cl. The number of nitrogens with one attached hydrogen (secondary N) is 2. The molecule has 0 bridgehead atoms. The van der Waals surface area contributed by atoms with Crippen LogP contribution in [0.1, 0.15) is 45.4 Å². The van der Waals surface area contributed by atoms with Crippen molar-refractivity contribution in [1.29, 1.82) is 0 Å². The third kappa shape index (κ3) is 4.50. The first-order valence-corrected chi connectivity index (χ1v) is 8.47. The van der Waals surface area contributed by atoms with E-state index in [4.69, 9.17) is 0 Å². The van der Waals surface area contributed by atoms with E-state index in [-0.39, 0.29) is 24.8 Å². The molecule has 0 aromatic heterocycles. The highest BCUT2D eigenvalue weighted by molar-refractivity contribution is 5.85. The summed E-state index contributed by atoms with van der Waals surface area (Å²) in [5.41, 5.74) is 0.373. The van der Waals surface area contributed by atoms with Crippen molar-refractivity contribution in [3.8, 4) is 0 Å². The molecule has 3 rings (SSSR count). The summed E-state index contributed by atoms with van der Waals surface area (Å²) < 4.78 is 0. The van der Waals surface area contributed by atoms with Gasteiger partial charge >= 0.3 is 0 Å². The Morgan fingerprint density at radius 1 is 1.23 bits per heavy atom. The fraction of sp³-hybridized carbons (Fsp3) is 0.938. The highest BCUT2D eigenvalue weighted by atomic mass is 35.5. The molecule has 1 saturated carbocycles. The van der Waals surface area contributed by atoms with E-state index in [0.29, 0.717) is 23.3 Å². The lowest BCUT2D eigenvalue weighted by molar-refractivity contribution is -0.124.